The number of anilines is 2. The molecule has 3 aromatic rings. The van der Waals surface area contributed by atoms with Crippen molar-refractivity contribution >= 4 is 28.9 Å². The van der Waals surface area contributed by atoms with Crippen molar-refractivity contribution in [3.8, 4) is 11.4 Å². The smallest absolute Gasteiger partial charge is 0.222 e. The van der Waals surface area contributed by atoms with E-state index >= 15 is 0 Å². The van der Waals surface area contributed by atoms with Gasteiger partial charge in [-0.15, -0.1) is 10.2 Å². The first-order valence-corrected chi connectivity index (χ1v) is 13.5. The summed E-state index contributed by atoms with van der Waals surface area (Å²) in [5.41, 5.74) is 3.25. The van der Waals surface area contributed by atoms with Crippen LogP contribution < -0.4 is 10.2 Å². The number of hydrogen-bond acceptors (Lipinski definition) is 7. The highest BCUT2D eigenvalue weighted by Gasteiger charge is 2.23. The predicted octanol–water partition coefficient (Wildman–Crippen LogP) is 3.54. The van der Waals surface area contributed by atoms with Crippen molar-refractivity contribution in [1.29, 1.82) is 0 Å². The number of carbonyl (C=O) groups excluding carboxylic acids is 1. The van der Waals surface area contributed by atoms with Crippen LogP contribution in [0.5, 0.6) is 0 Å². The van der Waals surface area contributed by atoms with Crippen molar-refractivity contribution in [2.75, 3.05) is 56.0 Å². The lowest BCUT2D eigenvalue weighted by atomic mass is 10.0. The number of tetrazole rings is 1. The molecule has 9 nitrogen and oxygen atoms in total. The Morgan fingerprint density at radius 2 is 1.68 bits per heavy atom. The summed E-state index contributed by atoms with van der Waals surface area (Å²) in [6.07, 6.45) is 3.48. The predicted molar refractivity (Wildman–Crippen MR) is 147 cm³/mol. The summed E-state index contributed by atoms with van der Waals surface area (Å²) in [5, 5.41) is 16.6. The van der Waals surface area contributed by atoms with Crippen molar-refractivity contribution in [3.05, 3.63) is 53.6 Å². The molecule has 2 aliphatic rings. The summed E-state index contributed by atoms with van der Waals surface area (Å²) in [6, 6.07) is 16.6. The molecule has 0 radical (unpaired) electrons. The number of piperidine rings is 1. The van der Waals surface area contributed by atoms with E-state index in [2.05, 4.69) is 54.8 Å². The van der Waals surface area contributed by atoms with Crippen molar-refractivity contribution in [1.82, 2.24) is 30.0 Å². The van der Waals surface area contributed by atoms with Gasteiger partial charge in [0.25, 0.3) is 0 Å². The number of carbonyl (C=O) groups is 1. The number of hydrogen-bond donors (Lipinski definition) is 1. The molecule has 1 N–H and O–H groups in total. The lowest BCUT2D eigenvalue weighted by Crippen LogP contribution is -2.47. The maximum atomic E-state index is 12.8. The van der Waals surface area contributed by atoms with Crippen LogP contribution in [0.15, 0.2) is 48.5 Å². The molecule has 0 unspecified atom stereocenters. The number of halogens is 1. The molecular weight excluding hydrogens is 488 g/mol. The zero-order valence-electron chi connectivity index (χ0n) is 21.4. The van der Waals surface area contributed by atoms with E-state index in [4.69, 9.17) is 11.6 Å². The van der Waals surface area contributed by atoms with Gasteiger partial charge in [-0.3, -0.25) is 9.69 Å². The minimum Gasteiger partial charge on any atom is -0.382 e. The van der Waals surface area contributed by atoms with Gasteiger partial charge in [0.15, 0.2) is 0 Å². The summed E-state index contributed by atoms with van der Waals surface area (Å²) in [4.78, 5) is 21.2. The third kappa shape index (κ3) is 6.78. The van der Waals surface area contributed by atoms with E-state index in [1.807, 2.05) is 29.2 Å². The number of piperazine rings is 1. The summed E-state index contributed by atoms with van der Waals surface area (Å²) < 4.78 is 0. The Morgan fingerprint density at radius 1 is 0.973 bits per heavy atom. The number of aromatic nitrogens is 4. The molecule has 0 saturated carbocycles. The van der Waals surface area contributed by atoms with Crippen molar-refractivity contribution < 1.29 is 4.79 Å². The van der Waals surface area contributed by atoms with Crippen LogP contribution in [-0.4, -0.2) is 87.8 Å². The quantitative estimate of drug-likeness (QED) is 0.484. The van der Waals surface area contributed by atoms with Gasteiger partial charge in [0.05, 0.1) is 7.05 Å². The van der Waals surface area contributed by atoms with E-state index < -0.39 is 0 Å². The van der Waals surface area contributed by atoms with Crippen LogP contribution >= 0.6 is 11.6 Å². The number of nitrogens with one attached hydrogen (secondary N) is 1. The second-order valence-electron chi connectivity index (χ2n) is 9.89. The van der Waals surface area contributed by atoms with Gasteiger partial charge in [-0.2, -0.15) is 4.80 Å². The number of amides is 1. The first-order chi connectivity index (χ1) is 18.0. The summed E-state index contributed by atoms with van der Waals surface area (Å²) in [6.45, 7) is 6.70. The molecule has 0 aliphatic carbocycles. The lowest BCUT2D eigenvalue weighted by Gasteiger charge is -2.36. The summed E-state index contributed by atoms with van der Waals surface area (Å²) in [5.74, 6) is 0.917. The highest BCUT2D eigenvalue weighted by molar-refractivity contribution is 6.30. The zero-order valence-corrected chi connectivity index (χ0v) is 22.1. The Hall–Kier alpha value is -3.17. The molecule has 196 valence electrons. The fourth-order valence-electron chi connectivity index (χ4n) is 5.12. The molecule has 1 aromatic heterocycles. The van der Waals surface area contributed by atoms with E-state index in [9.17, 15) is 4.79 Å². The summed E-state index contributed by atoms with van der Waals surface area (Å²) >= 11 is 6.01. The maximum absolute atomic E-state index is 12.8. The highest BCUT2D eigenvalue weighted by atomic mass is 35.5. The number of likely N-dealkylation sites (tertiary alicyclic amines) is 1. The van der Waals surface area contributed by atoms with E-state index in [0.29, 0.717) is 24.2 Å². The number of benzene rings is 2. The maximum Gasteiger partial charge on any atom is 0.222 e. The number of nitrogens with zero attached hydrogens (tertiary/aromatic N) is 7. The average molecular weight is 523 g/mol. The van der Waals surface area contributed by atoms with E-state index in [-0.39, 0.29) is 0 Å². The van der Waals surface area contributed by atoms with Crippen LogP contribution in [0.1, 0.15) is 25.7 Å². The molecule has 2 aliphatic heterocycles. The fraction of sp³-hybridized carbons (Fsp3) is 0.481. The van der Waals surface area contributed by atoms with Crippen LogP contribution in [0.25, 0.3) is 11.4 Å². The first-order valence-electron chi connectivity index (χ1n) is 13.1. The van der Waals surface area contributed by atoms with Gasteiger partial charge < -0.3 is 15.1 Å². The molecule has 2 aromatic carbocycles. The standard InChI is InChI=1S/C27H35ClN8O/c1-33-31-27(30-32-33)21-4-8-23(9-5-21)29-24-12-15-36(16-13-24)26(37)3-2-14-34-17-19-35(20-18-34)25-10-6-22(28)7-11-25/h4-11,24,29H,2-3,12-20H2,1H3. The molecule has 5 rings (SSSR count). The molecule has 0 atom stereocenters. The molecule has 2 saturated heterocycles. The second kappa shape index (κ2) is 11.9. The van der Waals surface area contributed by atoms with E-state index in [0.717, 1.165) is 81.3 Å². The van der Waals surface area contributed by atoms with Crippen molar-refractivity contribution in [2.45, 2.75) is 31.7 Å². The Morgan fingerprint density at radius 3 is 2.32 bits per heavy atom. The van der Waals surface area contributed by atoms with Crippen LogP contribution in [0.3, 0.4) is 0 Å². The Balaban J connectivity index is 0.981. The van der Waals surface area contributed by atoms with Crippen molar-refractivity contribution in [2.24, 2.45) is 7.05 Å². The van der Waals surface area contributed by atoms with Gasteiger partial charge in [0.2, 0.25) is 11.7 Å². The van der Waals surface area contributed by atoms with Gasteiger partial charge in [0.1, 0.15) is 0 Å². The third-order valence-electron chi connectivity index (χ3n) is 7.30. The molecular formula is C27H35ClN8O. The SMILES string of the molecule is Cn1nnc(-c2ccc(NC3CCN(C(=O)CCCN4CCN(c5ccc(Cl)cc5)CC4)CC3)cc2)n1. The number of rotatable bonds is 8. The zero-order chi connectivity index (χ0) is 25.6. The van der Waals surface area contributed by atoms with E-state index in [1.54, 1.807) is 7.05 Å². The molecule has 1 amide bonds. The monoisotopic (exact) mass is 522 g/mol. The topological polar surface area (TPSA) is 82.4 Å². The van der Waals surface area contributed by atoms with Crippen LogP contribution in [-0.2, 0) is 11.8 Å². The number of aryl methyl sites for hydroxylation is 1. The molecule has 0 spiro atoms. The van der Waals surface area contributed by atoms with Crippen LogP contribution in [0.4, 0.5) is 11.4 Å². The van der Waals surface area contributed by atoms with Crippen molar-refractivity contribution in [3.63, 3.8) is 0 Å². The van der Waals surface area contributed by atoms with Gasteiger partial charge >= 0.3 is 0 Å². The average Bonchev–Trinajstić information content (AvgIpc) is 3.36. The minimum atomic E-state index is 0.291. The van der Waals surface area contributed by atoms with Crippen LogP contribution in [0, 0.1) is 0 Å². The second-order valence-corrected chi connectivity index (χ2v) is 10.3. The third-order valence-corrected chi connectivity index (χ3v) is 7.55. The molecule has 0 bridgehead atoms. The normalized spacial score (nSPS) is 17.2. The van der Waals surface area contributed by atoms with E-state index in [1.165, 1.54) is 10.5 Å². The molecule has 37 heavy (non-hydrogen) atoms. The fourth-order valence-corrected chi connectivity index (χ4v) is 5.24. The van der Waals surface area contributed by atoms with Gasteiger partial charge in [0, 0.05) is 73.7 Å². The van der Waals surface area contributed by atoms with Gasteiger partial charge in [-0.1, -0.05) is 11.6 Å². The largest absolute Gasteiger partial charge is 0.382 e. The molecule has 10 heteroatoms. The van der Waals surface area contributed by atoms with Crippen LogP contribution in [0.2, 0.25) is 5.02 Å². The Kier molecular flexibility index (Phi) is 8.21. The molecule has 3 heterocycles. The highest BCUT2D eigenvalue weighted by Crippen LogP contribution is 2.22. The molecule has 2 fully saturated rings. The summed E-state index contributed by atoms with van der Waals surface area (Å²) in [7, 11) is 1.76. The Bertz CT molecular complexity index is 1150. The lowest BCUT2D eigenvalue weighted by molar-refractivity contribution is -0.132. The van der Waals surface area contributed by atoms with Gasteiger partial charge in [-0.05, 0) is 79.6 Å². The van der Waals surface area contributed by atoms with Gasteiger partial charge in [-0.25, -0.2) is 0 Å². The Labute approximate surface area is 223 Å². The minimum absolute atomic E-state index is 0.291. The first kappa shape index (κ1) is 25.5.